The van der Waals surface area contributed by atoms with Crippen molar-refractivity contribution in [2.75, 3.05) is 6.54 Å². The number of aliphatic imine (C=N–C) groups is 1. The Bertz CT molecular complexity index is 158. The van der Waals surface area contributed by atoms with Gasteiger partial charge in [-0.1, -0.05) is 6.08 Å². The molecule has 0 saturated carbocycles. The number of thiocarbonyl (C=S) groups is 1. The molecule has 0 rings (SSSR count). The lowest BCUT2D eigenvalue weighted by Gasteiger charge is -1.93. The Balaban J connectivity index is 3.50. The first kappa shape index (κ1) is 8.01. The van der Waals surface area contributed by atoms with Crippen LogP contribution in [0, 0.1) is 5.41 Å². The maximum absolute atomic E-state index is 6.40. The second kappa shape index (κ2) is 5.15. The van der Waals surface area contributed by atoms with Crippen molar-refractivity contribution in [3.8, 4) is 0 Å². The minimum atomic E-state index is 0.268. The molecule has 0 aliphatic carbocycles. The molecule has 0 aliphatic heterocycles. The molecule has 3 nitrogen and oxygen atoms in total. The van der Waals surface area contributed by atoms with Gasteiger partial charge in [0.05, 0.1) is 6.01 Å². The van der Waals surface area contributed by atoms with Crippen LogP contribution in [-0.4, -0.2) is 17.7 Å². The average Bonchev–Trinajstić information content (AvgIpc) is 1.85. The topological polar surface area (TPSA) is 48.2 Å². The van der Waals surface area contributed by atoms with Gasteiger partial charge in [0, 0.05) is 6.54 Å². The quantitative estimate of drug-likeness (QED) is 0.339. The van der Waals surface area contributed by atoms with Crippen LogP contribution in [0.25, 0.3) is 0 Å². The van der Waals surface area contributed by atoms with Crippen LogP contribution in [0.5, 0.6) is 0 Å². The first-order chi connectivity index (χ1) is 4.31. The van der Waals surface area contributed by atoms with Gasteiger partial charge in [0.1, 0.15) is 0 Å². The number of rotatable bonds is 2. The van der Waals surface area contributed by atoms with E-state index in [0.29, 0.717) is 6.54 Å². The van der Waals surface area contributed by atoms with Gasteiger partial charge in [-0.15, -0.1) is 6.58 Å². The predicted molar refractivity (Wildman–Crippen MR) is 41.0 cm³/mol. The second-order valence-electron chi connectivity index (χ2n) is 1.20. The molecular weight excluding hydrogens is 134 g/mol. The molecule has 0 unspecified atom stereocenters. The van der Waals surface area contributed by atoms with Gasteiger partial charge < -0.3 is 5.32 Å². The van der Waals surface area contributed by atoms with Crippen molar-refractivity contribution >= 4 is 23.3 Å². The Hall–Kier alpha value is -0.990. The summed E-state index contributed by atoms with van der Waals surface area (Å²) < 4.78 is 0. The van der Waals surface area contributed by atoms with E-state index in [2.05, 4.69) is 29.1 Å². The summed E-state index contributed by atoms with van der Waals surface area (Å²) in [4.78, 5) is 3.35. The van der Waals surface area contributed by atoms with Crippen molar-refractivity contribution in [3.05, 3.63) is 12.7 Å². The van der Waals surface area contributed by atoms with E-state index < -0.39 is 0 Å². The van der Waals surface area contributed by atoms with Gasteiger partial charge in [-0.2, -0.15) is 4.99 Å². The van der Waals surface area contributed by atoms with Crippen molar-refractivity contribution in [3.63, 3.8) is 0 Å². The van der Waals surface area contributed by atoms with Gasteiger partial charge in [0.25, 0.3) is 0 Å². The van der Waals surface area contributed by atoms with Crippen LogP contribution in [-0.2, 0) is 0 Å². The molecule has 0 bridgehead atoms. The second-order valence-corrected chi connectivity index (χ2v) is 1.59. The summed E-state index contributed by atoms with van der Waals surface area (Å²) in [7, 11) is 0. The molecule has 4 heteroatoms. The fraction of sp³-hybridized carbons (Fsp3) is 0.200. The predicted octanol–water partition coefficient (Wildman–Crippen LogP) is 0.800. The molecule has 0 radical (unpaired) electrons. The van der Waals surface area contributed by atoms with Crippen molar-refractivity contribution in [1.82, 2.24) is 5.32 Å². The summed E-state index contributed by atoms with van der Waals surface area (Å²) in [6, 6.07) is 1.81. The van der Waals surface area contributed by atoms with E-state index in [1.807, 2.05) is 6.01 Å². The average molecular weight is 141 g/mol. The molecule has 0 atom stereocenters. The highest BCUT2D eigenvalue weighted by Crippen LogP contribution is 1.70. The van der Waals surface area contributed by atoms with E-state index in [0.717, 1.165) is 0 Å². The summed E-state index contributed by atoms with van der Waals surface area (Å²) >= 11 is 4.61. The third kappa shape index (κ3) is 4.87. The SMILES string of the molecule is C=CCNC(=S)N=C=N. The lowest BCUT2D eigenvalue weighted by atomic mass is 10.6. The third-order valence-corrected chi connectivity index (χ3v) is 0.791. The molecule has 0 heterocycles. The standard InChI is InChI=1S/C5H7N3S/c1-2-3-7-5(9)8-4-6/h2,6H,1,3H2,(H,7,9). The zero-order valence-corrected chi connectivity index (χ0v) is 5.66. The first-order valence-corrected chi connectivity index (χ1v) is 2.73. The lowest BCUT2D eigenvalue weighted by Crippen LogP contribution is -2.18. The Kier molecular flexibility index (Phi) is 4.59. The fourth-order valence-corrected chi connectivity index (χ4v) is 0.379. The molecule has 9 heavy (non-hydrogen) atoms. The fourth-order valence-electron chi connectivity index (χ4n) is 0.250. The highest BCUT2D eigenvalue weighted by Gasteiger charge is 1.83. The van der Waals surface area contributed by atoms with E-state index in [9.17, 15) is 0 Å². The minimum absolute atomic E-state index is 0.268. The molecule has 0 fully saturated rings. The highest BCUT2D eigenvalue weighted by molar-refractivity contribution is 7.80. The van der Waals surface area contributed by atoms with E-state index in [4.69, 9.17) is 5.41 Å². The maximum Gasteiger partial charge on any atom is 0.203 e. The molecule has 0 saturated heterocycles. The van der Waals surface area contributed by atoms with E-state index in [1.54, 1.807) is 6.08 Å². The summed E-state index contributed by atoms with van der Waals surface area (Å²) in [6.45, 7) is 4.04. The Morgan fingerprint density at radius 3 is 3.11 bits per heavy atom. The highest BCUT2D eigenvalue weighted by atomic mass is 32.1. The summed E-state index contributed by atoms with van der Waals surface area (Å²) in [5.74, 6) is 0. The van der Waals surface area contributed by atoms with Crippen molar-refractivity contribution in [2.24, 2.45) is 4.99 Å². The third-order valence-electron chi connectivity index (χ3n) is 0.555. The monoisotopic (exact) mass is 141 g/mol. The van der Waals surface area contributed by atoms with Gasteiger partial charge in [-0.3, -0.25) is 0 Å². The molecule has 0 aromatic heterocycles. The summed E-state index contributed by atoms with van der Waals surface area (Å²) in [5, 5.41) is 9.36. The normalized spacial score (nSPS) is 7.11. The molecule has 0 aromatic carbocycles. The zero-order valence-electron chi connectivity index (χ0n) is 4.85. The van der Waals surface area contributed by atoms with Crippen molar-refractivity contribution in [1.29, 1.82) is 5.41 Å². The van der Waals surface area contributed by atoms with E-state index in [1.165, 1.54) is 0 Å². The summed E-state index contributed by atoms with van der Waals surface area (Å²) in [6.07, 6.45) is 1.66. The Labute approximate surface area is 59.0 Å². The number of hydrogen-bond acceptors (Lipinski definition) is 2. The van der Waals surface area contributed by atoms with Crippen LogP contribution in [0.2, 0.25) is 0 Å². The first-order valence-electron chi connectivity index (χ1n) is 2.32. The van der Waals surface area contributed by atoms with Crippen LogP contribution in [0.1, 0.15) is 0 Å². The number of hydrogen-bond donors (Lipinski definition) is 2. The number of nitrogens with zero attached hydrogens (tertiary/aromatic N) is 1. The molecule has 0 aliphatic rings. The van der Waals surface area contributed by atoms with Crippen LogP contribution in [0.3, 0.4) is 0 Å². The molecule has 0 amide bonds. The molecule has 48 valence electrons. The largest absolute Gasteiger partial charge is 0.357 e. The molecular formula is C5H7N3S. The zero-order chi connectivity index (χ0) is 7.11. The van der Waals surface area contributed by atoms with Crippen LogP contribution >= 0.6 is 12.2 Å². The maximum atomic E-state index is 6.40. The minimum Gasteiger partial charge on any atom is -0.357 e. The van der Waals surface area contributed by atoms with Gasteiger partial charge in [-0.25, -0.2) is 5.41 Å². The van der Waals surface area contributed by atoms with Crippen LogP contribution in [0.15, 0.2) is 17.6 Å². The summed E-state index contributed by atoms with van der Waals surface area (Å²) in [5.41, 5.74) is 0. The van der Waals surface area contributed by atoms with Gasteiger partial charge >= 0.3 is 0 Å². The van der Waals surface area contributed by atoms with Crippen molar-refractivity contribution < 1.29 is 0 Å². The molecule has 0 spiro atoms. The molecule has 0 aromatic rings. The van der Waals surface area contributed by atoms with Crippen LogP contribution < -0.4 is 5.32 Å². The van der Waals surface area contributed by atoms with Gasteiger partial charge in [0.15, 0.2) is 0 Å². The Morgan fingerprint density at radius 1 is 2.00 bits per heavy atom. The van der Waals surface area contributed by atoms with Crippen LogP contribution in [0.4, 0.5) is 0 Å². The van der Waals surface area contributed by atoms with Gasteiger partial charge in [-0.05, 0) is 12.2 Å². The molecule has 2 N–H and O–H groups in total. The Morgan fingerprint density at radius 2 is 2.67 bits per heavy atom. The van der Waals surface area contributed by atoms with E-state index >= 15 is 0 Å². The van der Waals surface area contributed by atoms with Crippen molar-refractivity contribution in [2.45, 2.75) is 0 Å². The van der Waals surface area contributed by atoms with Gasteiger partial charge in [0.2, 0.25) is 5.11 Å². The lowest BCUT2D eigenvalue weighted by molar-refractivity contribution is 1.05. The smallest absolute Gasteiger partial charge is 0.203 e. The van der Waals surface area contributed by atoms with E-state index in [-0.39, 0.29) is 5.11 Å². The number of nitrogens with one attached hydrogen (secondary N) is 2.